The first-order valence-electron chi connectivity index (χ1n) is 6.12. The highest BCUT2D eigenvalue weighted by Crippen LogP contribution is 2.31. The summed E-state index contributed by atoms with van der Waals surface area (Å²) in [5, 5.41) is 7.83. The molecule has 3 N–H and O–H groups in total. The fraction of sp³-hybridized carbons (Fsp3) is 0.455. The molecule has 0 aromatic carbocycles. The number of hydrogen-bond donors (Lipinski definition) is 2. The smallest absolute Gasteiger partial charge is 0.339 e. The van der Waals surface area contributed by atoms with Crippen LogP contribution in [0.2, 0.25) is 0 Å². The summed E-state index contributed by atoms with van der Waals surface area (Å²) >= 11 is 1.21. The van der Waals surface area contributed by atoms with E-state index in [4.69, 9.17) is 5.73 Å². The molecule has 2 aromatic rings. The number of nitrogens with zero attached hydrogens (tertiary/aromatic N) is 4. The van der Waals surface area contributed by atoms with Crippen LogP contribution in [0.4, 0.5) is 5.69 Å². The molecule has 0 saturated carbocycles. The zero-order valence-corrected chi connectivity index (χ0v) is 12.3. The normalized spacial score (nSPS) is 10.9. The van der Waals surface area contributed by atoms with Gasteiger partial charge in [-0.3, -0.25) is 24.1 Å². The van der Waals surface area contributed by atoms with E-state index in [9.17, 15) is 9.59 Å². The lowest BCUT2D eigenvalue weighted by molar-refractivity contribution is 0.551. The molecule has 0 fully saturated rings. The lowest BCUT2D eigenvalue weighted by Crippen LogP contribution is -2.33. The summed E-state index contributed by atoms with van der Waals surface area (Å²) in [6.45, 7) is 4.58. The summed E-state index contributed by atoms with van der Waals surface area (Å²) in [5.41, 5.74) is 5.73. The zero-order chi connectivity index (χ0) is 14.9. The number of nitrogen functional groups attached to an aromatic ring is 1. The summed E-state index contributed by atoms with van der Waals surface area (Å²) in [6, 6.07) is 0. The predicted molar refractivity (Wildman–Crippen MR) is 75.9 cm³/mol. The van der Waals surface area contributed by atoms with Crippen LogP contribution in [0.5, 0.6) is 0 Å². The van der Waals surface area contributed by atoms with Crippen LogP contribution >= 0.6 is 11.8 Å². The van der Waals surface area contributed by atoms with Gasteiger partial charge in [-0.1, -0.05) is 6.92 Å². The number of aryl methyl sites for hydroxylation is 3. The van der Waals surface area contributed by atoms with Crippen LogP contribution < -0.4 is 16.9 Å². The lowest BCUT2D eigenvalue weighted by Gasteiger charge is -2.08. The van der Waals surface area contributed by atoms with Crippen molar-refractivity contribution in [2.45, 2.75) is 37.0 Å². The highest BCUT2D eigenvalue weighted by atomic mass is 32.2. The molecule has 108 valence electrons. The van der Waals surface area contributed by atoms with Gasteiger partial charge in [0.2, 0.25) is 0 Å². The van der Waals surface area contributed by atoms with E-state index in [2.05, 4.69) is 15.2 Å². The monoisotopic (exact) mass is 296 g/mol. The van der Waals surface area contributed by atoms with E-state index in [-0.39, 0.29) is 0 Å². The molecule has 0 saturated heterocycles. The molecular weight excluding hydrogens is 280 g/mol. The van der Waals surface area contributed by atoms with Crippen molar-refractivity contribution in [1.82, 2.24) is 24.5 Å². The molecular formula is C11H16N6O2S. The van der Waals surface area contributed by atoms with Crippen LogP contribution in [0, 0.1) is 6.92 Å². The second-order valence-electron chi connectivity index (χ2n) is 4.33. The maximum Gasteiger partial charge on any atom is 0.339 e. The number of aromatic amines is 1. The average molecular weight is 296 g/mol. The van der Waals surface area contributed by atoms with E-state index < -0.39 is 11.1 Å². The van der Waals surface area contributed by atoms with Gasteiger partial charge in [-0.05, 0) is 25.1 Å². The highest BCUT2D eigenvalue weighted by molar-refractivity contribution is 7.99. The van der Waals surface area contributed by atoms with Crippen molar-refractivity contribution in [2.24, 2.45) is 7.05 Å². The van der Waals surface area contributed by atoms with Crippen molar-refractivity contribution in [3.63, 3.8) is 0 Å². The zero-order valence-electron chi connectivity index (χ0n) is 11.5. The number of nitrogens with one attached hydrogen (secondary N) is 1. The van der Waals surface area contributed by atoms with Gasteiger partial charge in [0.15, 0.2) is 5.16 Å². The minimum atomic E-state index is -0.817. The van der Waals surface area contributed by atoms with Crippen LogP contribution in [-0.4, -0.2) is 24.5 Å². The Labute approximate surface area is 119 Å². The second kappa shape index (κ2) is 5.53. The molecule has 0 aliphatic rings. The molecule has 8 nitrogen and oxygen atoms in total. The molecule has 0 radical (unpaired) electrons. The fourth-order valence-corrected chi connectivity index (χ4v) is 2.66. The van der Waals surface area contributed by atoms with Gasteiger partial charge < -0.3 is 5.73 Å². The molecule has 9 heteroatoms. The summed E-state index contributed by atoms with van der Waals surface area (Å²) < 4.78 is 3.18. The van der Waals surface area contributed by atoms with Gasteiger partial charge in [0, 0.05) is 13.6 Å². The summed E-state index contributed by atoms with van der Waals surface area (Å²) in [5.74, 6) is 0. The first-order valence-corrected chi connectivity index (χ1v) is 6.93. The van der Waals surface area contributed by atoms with Crippen molar-refractivity contribution >= 4 is 17.4 Å². The van der Waals surface area contributed by atoms with Crippen LogP contribution in [0.15, 0.2) is 19.8 Å². The van der Waals surface area contributed by atoms with Crippen molar-refractivity contribution in [1.29, 1.82) is 0 Å². The van der Waals surface area contributed by atoms with Crippen LogP contribution in [-0.2, 0) is 13.6 Å². The van der Waals surface area contributed by atoms with Crippen molar-refractivity contribution in [3.05, 3.63) is 26.4 Å². The standard InChI is InChI=1S/C11H16N6O2S/c1-4-5-17-10(7(12)6(2)14-17)20-11-13-8(18)9(19)15-16(11)3/h4-5,12H2,1-3H3,(H,15,19). The molecule has 2 heterocycles. The quantitative estimate of drug-likeness (QED) is 0.775. The fourth-order valence-electron chi connectivity index (χ4n) is 1.68. The number of hydrogen-bond acceptors (Lipinski definition) is 6. The van der Waals surface area contributed by atoms with Crippen molar-refractivity contribution in [3.8, 4) is 0 Å². The minimum absolute atomic E-state index is 0.360. The van der Waals surface area contributed by atoms with E-state index in [1.54, 1.807) is 11.7 Å². The topological polar surface area (TPSA) is 112 Å². The molecule has 2 aromatic heterocycles. The van der Waals surface area contributed by atoms with E-state index >= 15 is 0 Å². The Bertz CT molecular complexity index is 744. The third-order valence-corrected chi connectivity index (χ3v) is 3.87. The van der Waals surface area contributed by atoms with Gasteiger partial charge >= 0.3 is 11.1 Å². The van der Waals surface area contributed by atoms with Crippen LogP contribution in [0.1, 0.15) is 19.0 Å². The van der Waals surface area contributed by atoms with E-state index in [0.717, 1.165) is 23.7 Å². The number of nitrogens with two attached hydrogens (primary N) is 1. The molecule has 2 rings (SSSR count). The number of H-pyrrole nitrogens is 1. The van der Waals surface area contributed by atoms with E-state index in [1.165, 1.54) is 16.4 Å². The third kappa shape index (κ3) is 2.62. The third-order valence-electron chi connectivity index (χ3n) is 2.70. The van der Waals surface area contributed by atoms with Crippen molar-refractivity contribution < 1.29 is 0 Å². The van der Waals surface area contributed by atoms with Gasteiger partial charge in [-0.15, -0.1) is 0 Å². The highest BCUT2D eigenvalue weighted by Gasteiger charge is 2.16. The van der Waals surface area contributed by atoms with Gasteiger partial charge in [0.25, 0.3) is 0 Å². The van der Waals surface area contributed by atoms with Crippen molar-refractivity contribution in [2.75, 3.05) is 5.73 Å². The van der Waals surface area contributed by atoms with E-state index in [0.29, 0.717) is 10.8 Å². The summed E-state index contributed by atoms with van der Waals surface area (Å²) in [6.07, 6.45) is 0.909. The van der Waals surface area contributed by atoms with Gasteiger partial charge in [-0.25, -0.2) is 0 Å². The maximum atomic E-state index is 11.3. The van der Waals surface area contributed by atoms with Crippen LogP contribution in [0.25, 0.3) is 0 Å². The molecule has 0 amide bonds. The minimum Gasteiger partial charge on any atom is -0.395 e. The van der Waals surface area contributed by atoms with Gasteiger partial charge in [0.05, 0.1) is 11.4 Å². The Morgan fingerprint density at radius 2 is 2.10 bits per heavy atom. The number of aromatic nitrogens is 5. The molecule has 0 aliphatic heterocycles. The Hall–Kier alpha value is -2.03. The summed E-state index contributed by atoms with van der Waals surface area (Å²) in [4.78, 5) is 26.3. The average Bonchev–Trinajstić information content (AvgIpc) is 2.64. The SMILES string of the molecule is CCCn1nc(C)c(N)c1Sc1nc(=O)c(=O)[nH]n1C. The molecule has 0 spiro atoms. The predicted octanol–water partition coefficient (Wildman–Crippen LogP) is 0.117. The second-order valence-corrected chi connectivity index (χ2v) is 5.28. The Kier molecular flexibility index (Phi) is 3.98. The Balaban J connectivity index is 2.47. The lowest BCUT2D eigenvalue weighted by atomic mass is 10.4. The van der Waals surface area contributed by atoms with Crippen LogP contribution in [0.3, 0.4) is 0 Å². The molecule has 0 aliphatic carbocycles. The van der Waals surface area contributed by atoms with Gasteiger partial charge in [0.1, 0.15) is 5.03 Å². The Morgan fingerprint density at radius 3 is 2.75 bits per heavy atom. The molecule has 0 bridgehead atoms. The Morgan fingerprint density at radius 1 is 1.40 bits per heavy atom. The number of anilines is 1. The largest absolute Gasteiger partial charge is 0.395 e. The van der Waals surface area contributed by atoms with E-state index in [1.807, 2.05) is 13.8 Å². The van der Waals surface area contributed by atoms with Gasteiger partial charge in [-0.2, -0.15) is 10.1 Å². The first kappa shape index (κ1) is 14.4. The molecule has 0 unspecified atom stereocenters. The number of rotatable bonds is 4. The molecule has 0 atom stereocenters. The summed E-state index contributed by atoms with van der Waals surface area (Å²) in [7, 11) is 1.61. The first-order chi connectivity index (χ1) is 9.43. The maximum absolute atomic E-state index is 11.3. The molecule has 20 heavy (non-hydrogen) atoms.